The highest BCUT2D eigenvalue weighted by Gasteiger charge is 2.26. The Balaban J connectivity index is 0.00000320. The van der Waals surface area contributed by atoms with Crippen LogP contribution < -0.4 is 15.5 Å². The van der Waals surface area contributed by atoms with Crippen molar-refractivity contribution in [3.05, 3.63) is 35.8 Å². The van der Waals surface area contributed by atoms with Crippen molar-refractivity contribution < 1.29 is 4.39 Å². The van der Waals surface area contributed by atoms with Crippen molar-refractivity contribution in [2.45, 2.75) is 32.4 Å². The van der Waals surface area contributed by atoms with E-state index in [4.69, 9.17) is 4.99 Å². The highest BCUT2D eigenvalue weighted by Crippen LogP contribution is 2.20. The van der Waals surface area contributed by atoms with Gasteiger partial charge in [0.05, 0.1) is 0 Å². The summed E-state index contributed by atoms with van der Waals surface area (Å²) >= 11 is 1.83. The maximum absolute atomic E-state index is 14.0. The van der Waals surface area contributed by atoms with E-state index in [9.17, 15) is 4.39 Å². The van der Waals surface area contributed by atoms with Gasteiger partial charge in [-0.25, -0.2) is 14.4 Å². The van der Waals surface area contributed by atoms with Gasteiger partial charge >= 0.3 is 0 Å². The molecule has 0 aromatic carbocycles. The number of guanidine groups is 1. The Kier molecular flexibility index (Phi) is 10.1. The zero-order valence-electron chi connectivity index (χ0n) is 17.6. The number of halogens is 2. The smallest absolute Gasteiger partial charge is 0.191 e. The van der Waals surface area contributed by atoms with Crippen molar-refractivity contribution in [3.8, 4) is 0 Å². The monoisotopic (exact) mass is 548 g/mol. The molecular formula is C19H30FIN8S. The van der Waals surface area contributed by atoms with E-state index >= 15 is 0 Å². The van der Waals surface area contributed by atoms with E-state index in [1.807, 2.05) is 35.2 Å². The molecule has 0 bridgehead atoms. The number of aromatic nitrogens is 4. The van der Waals surface area contributed by atoms with Crippen molar-refractivity contribution in [1.82, 2.24) is 30.4 Å². The summed E-state index contributed by atoms with van der Waals surface area (Å²) in [7, 11) is 1.94. The van der Waals surface area contributed by atoms with Gasteiger partial charge in [-0.1, -0.05) is 0 Å². The molecule has 2 N–H and O–H groups in total. The number of nitrogens with one attached hydrogen (secondary N) is 2. The Morgan fingerprint density at radius 3 is 2.93 bits per heavy atom. The molecule has 3 heterocycles. The van der Waals surface area contributed by atoms with Gasteiger partial charge in [0, 0.05) is 38.9 Å². The molecule has 166 valence electrons. The minimum Gasteiger partial charge on any atom is -0.356 e. The molecule has 2 aromatic heterocycles. The normalized spacial score (nSPS) is 16.5. The molecular weight excluding hydrogens is 518 g/mol. The Morgan fingerprint density at radius 1 is 1.40 bits per heavy atom. The second kappa shape index (κ2) is 12.3. The number of rotatable bonds is 8. The van der Waals surface area contributed by atoms with Gasteiger partial charge in [-0.05, 0) is 43.9 Å². The number of hydrogen-bond acceptors (Lipinski definition) is 6. The zero-order chi connectivity index (χ0) is 20.6. The van der Waals surface area contributed by atoms with Gasteiger partial charge in [0.2, 0.25) is 0 Å². The average Bonchev–Trinajstić information content (AvgIpc) is 3.31. The Hall–Kier alpha value is -1.63. The number of hydrogen-bond donors (Lipinski definition) is 2. The molecule has 0 spiro atoms. The first-order valence-electron chi connectivity index (χ1n) is 9.82. The lowest BCUT2D eigenvalue weighted by atomic mass is 10.3. The molecule has 8 nitrogen and oxygen atoms in total. The van der Waals surface area contributed by atoms with Gasteiger partial charge in [-0.3, -0.25) is 0 Å². The highest BCUT2D eigenvalue weighted by molar-refractivity contribution is 14.0. The molecule has 1 aliphatic rings. The number of pyridine rings is 1. The van der Waals surface area contributed by atoms with E-state index in [1.165, 1.54) is 6.07 Å². The third kappa shape index (κ3) is 6.69. The van der Waals surface area contributed by atoms with Crippen molar-refractivity contribution in [3.63, 3.8) is 0 Å². The Morgan fingerprint density at radius 2 is 2.23 bits per heavy atom. The highest BCUT2D eigenvalue weighted by atomic mass is 127. The summed E-state index contributed by atoms with van der Waals surface area (Å²) in [6.07, 6.45) is 5.68. The number of aryl methyl sites for hydroxylation is 1. The van der Waals surface area contributed by atoms with Crippen LogP contribution in [0.1, 0.15) is 24.5 Å². The summed E-state index contributed by atoms with van der Waals surface area (Å²) in [4.78, 5) is 10.9. The fourth-order valence-corrected chi connectivity index (χ4v) is 3.62. The molecule has 1 saturated heterocycles. The van der Waals surface area contributed by atoms with Gasteiger partial charge in [0.15, 0.2) is 23.4 Å². The largest absolute Gasteiger partial charge is 0.356 e. The Labute approximate surface area is 198 Å². The first-order valence-corrected chi connectivity index (χ1v) is 11.2. The quantitative estimate of drug-likeness (QED) is 0.227. The molecule has 0 saturated carbocycles. The molecule has 2 aromatic rings. The molecule has 1 atom stereocenters. The zero-order valence-corrected chi connectivity index (χ0v) is 20.8. The third-order valence-corrected chi connectivity index (χ3v) is 5.64. The van der Waals surface area contributed by atoms with E-state index in [-0.39, 0.29) is 35.8 Å². The van der Waals surface area contributed by atoms with Gasteiger partial charge in [0.25, 0.3) is 0 Å². The van der Waals surface area contributed by atoms with Crippen LogP contribution in [-0.4, -0.2) is 63.4 Å². The lowest BCUT2D eigenvalue weighted by Gasteiger charge is -2.20. The van der Waals surface area contributed by atoms with Crippen molar-refractivity contribution in [2.75, 3.05) is 36.5 Å². The van der Waals surface area contributed by atoms with E-state index in [0.717, 1.165) is 49.3 Å². The van der Waals surface area contributed by atoms with Crippen LogP contribution in [0.4, 0.5) is 10.2 Å². The summed E-state index contributed by atoms with van der Waals surface area (Å²) in [6.45, 7) is 4.65. The SMILES string of the molecule is CSCCCNC(=NCc1nnc(C)n1C)NC1CCN(c2ncccc2F)C1.I. The minimum atomic E-state index is -0.283. The van der Waals surface area contributed by atoms with Crippen molar-refractivity contribution >= 4 is 47.5 Å². The van der Waals surface area contributed by atoms with E-state index < -0.39 is 0 Å². The first-order chi connectivity index (χ1) is 14.1. The molecule has 1 fully saturated rings. The number of aliphatic imine (C=N–C) groups is 1. The van der Waals surface area contributed by atoms with Crippen LogP contribution in [0.25, 0.3) is 0 Å². The average molecular weight is 548 g/mol. The Bertz CT molecular complexity index is 831. The predicted octanol–water partition coefficient (Wildman–Crippen LogP) is 2.34. The predicted molar refractivity (Wildman–Crippen MR) is 131 cm³/mol. The van der Waals surface area contributed by atoms with Crippen LogP contribution in [-0.2, 0) is 13.6 Å². The summed E-state index contributed by atoms with van der Waals surface area (Å²) in [5.74, 6) is 3.66. The topological polar surface area (TPSA) is 83.3 Å². The lowest BCUT2D eigenvalue weighted by molar-refractivity contribution is 0.612. The van der Waals surface area contributed by atoms with Crippen LogP contribution in [0, 0.1) is 12.7 Å². The van der Waals surface area contributed by atoms with Crippen LogP contribution in [0.2, 0.25) is 0 Å². The summed E-state index contributed by atoms with van der Waals surface area (Å²) in [5.41, 5.74) is 0. The molecule has 30 heavy (non-hydrogen) atoms. The molecule has 3 rings (SSSR count). The van der Waals surface area contributed by atoms with Gasteiger partial charge in [0.1, 0.15) is 12.4 Å². The minimum absolute atomic E-state index is 0. The van der Waals surface area contributed by atoms with Crippen LogP contribution in [0.15, 0.2) is 23.3 Å². The van der Waals surface area contributed by atoms with E-state index in [0.29, 0.717) is 18.9 Å². The van der Waals surface area contributed by atoms with Crippen molar-refractivity contribution in [1.29, 1.82) is 0 Å². The second-order valence-corrected chi connectivity index (χ2v) is 8.03. The molecule has 0 radical (unpaired) electrons. The van der Waals surface area contributed by atoms with Crippen molar-refractivity contribution in [2.24, 2.45) is 12.0 Å². The first kappa shape index (κ1) is 24.6. The lowest BCUT2D eigenvalue weighted by Crippen LogP contribution is -2.45. The van der Waals surface area contributed by atoms with Crippen LogP contribution in [0.5, 0.6) is 0 Å². The maximum atomic E-state index is 14.0. The summed E-state index contributed by atoms with van der Waals surface area (Å²) in [6, 6.07) is 3.23. The van der Waals surface area contributed by atoms with Crippen LogP contribution >= 0.6 is 35.7 Å². The van der Waals surface area contributed by atoms with Crippen LogP contribution in [0.3, 0.4) is 0 Å². The fraction of sp³-hybridized carbons (Fsp3) is 0.579. The summed E-state index contributed by atoms with van der Waals surface area (Å²) in [5, 5.41) is 15.2. The standard InChI is InChI=1S/C19H29FN8S.HI/c1-14-25-26-17(27(14)2)12-23-19(22-9-5-11-29-3)24-15-7-10-28(13-15)18-16(20)6-4-8-21-18;/h4,6,8,15H,5,7,9-13H2,1-3H3,(H2,22,23,24);1H. The molecule has 0 amide bonds. The third-order valence-electron chi connectivity index (χ3n) is 4.95. The molecule has 0 aliphatic carbocycles. The molecule has 1 aliphatic heterocycles. The number of thioether (sulfide) groups is 1. The van der Waals surface area contributed by atoms with Gasteiger partial charge in [-0.2, -0.15) is 11.8 Å². The van der Waals surface area contributed by atoms with E-state index in [2.05, 4.69) is 32.1 Å². The summed E-state index contributed by atoms with van der Waals surface area (Å²) < 4.78 is 16.0. The fourth-order valence-electron chi connectivity index (χ4n) is 3.19. The maximum Gasteiger partial charge on any atom is 0.191 e. The van der Waals surface area contributed by atoms with E-state index in [1.54, 1.807) is 12.3 Å². The van der Waals surface area contributed by atoms with Gasteiger partial charge < -0.3 is 20.1 Å². The second-order valence-electron chi connectivity index (χ2n) is 7.05. The van der Waals surface area contributed by atoms with Gasteiger partial charge in [-0.15, -0.1) is 34.2 Å². The number of anilines is 1. The molecule has 1 unspecified atom stereocenters. The number of nitrogens with zero attached hydrogens (tertiary/aromatic N) is 6. The molecule has 11 heteroatoms.